The van der Waals surface area contributed by atoms with Crippen molar-refractivity contribution < 1.29 is 4.79 Å². The molecule has 0 unspecified atom stereocenters. The Hall–Kier alpha value is -4.01. The van der Waals surface area contributed by atoms with Crippen molar-refractivity contribution >= 4 is 34.1 Å². The Morgan fingerprint density at radius 2 is 2.04 bits per heavy atom. The molecule has 4 heterocycles. The van der Waals surface area contributed by atoms with Crippen molar-refractivity contribution in [3.8, 4) is 11.3 Å². The fourth-order valence-electron chi connectivity index (χ4n) is 2.88. The molecule has 4 aromatic heterocycles. The fourth-order valence-corrected chi connectivity index (χ4v) is 2.88. The van der Waals surface area contributed by atoms with Crippen LogP contribution in [0.15, 0.2) is 49.2 Å². The number of nitrogens with two attached hydrogens (primary N) is 1. The van der Waals surface area contributed by atoms with E-state index in [-0.39, 0.29) is 0 Å². The molecule has 0 aliphatic carbocycles. The van der Waals surface area contributed by atoms with Crippen LogP contribution in [0.25, 0.3) is 22.0 Å². The van der Waals surface area contributed by atoms with Crippen molar-refractivity contribution in [3.63, 3.8) is 0 Å². The number of nitrogen functional groups attached to an aromatic ring is 1. The number of rotatable bonds is 3. The van der Waals surface area contributed by atoms with Gasteiger partial charge in [0, 0.05) is 42.8 Å². The van der Waals surface area contributed by atoms with Crippen LogP contribution in [0, 0.1) is 6.92 Å². The zero-order valence-corrected chi connectivity index (χ0v) is 15.3. The lowest BCUT2D eigenvalue weighted by atomic mass is 10.1. The minimum atomic E-state index is -0.412. The molecule has 0 saturated heterocycles. The molecular weight excluding hydrogens is 356 g/mol. The fraction of sp³-hybridized carbons (Fsp3) is 0.105. The third-order valence-electron chi connectivity index (χ3n) is 4.26. The molecule has 0 radical (unpaired) electrons. The number of pyridine rings is 3. The van der Waals surface area contributed by atoms with Crippen molar-refractivity contribution in [1.29, 1.82) is 0 Å². The maximum atomic E-state index is 12.2. The first-order valence-corrected chi connectivity index (χ1v) is 8.53. The highest BCUT2D eigenvalue weighted by atomic mass is 16.2. The van der Waals surface area contributed by atoms with Gasteiger partial charge in [0.25, 0.3) is 0 Å². The van der Waals surface area contributed by atoms with Gasteiger partial charge in [-0.1, -0.05) is 0 Å². The van der Waals surface area contributed by atoms with E-state index in [0.717, 1.165) is 16.5 Å². The second-order valence-corrected chi connectivity index (χ2v) is 6.36. The van der Waals surface area contributed by atoms with Gasteiger partial charge in [0.05, 0.1) is 17.6 Å². The second-order valence-electron chi connectivity index (χ2n) is 6.36. The number of fused-ring (bicyclic) bond motifs is 1. The molecule has 0 bridgehead atoms. The van der Waals surface area contributed by atoms with Crippen LogP contribution in [0.1, 0.15) is 5.56 Å². The number of anilines is 3. The Labute approximate surface area is 160 Å². The quantitative estimate of drug-likeness (QED) is 0.506. The minimum Gasteiger partial charge on any atom is -0.383 e. The number of hydrogen-bond acceptors (Lipinski definition) is 6. The smallest absolute Gasteiger partial charge is 0.324 e. The topological polar surface area (TPSA) is 124 Å². The molecule has 0 aliphatic heterocycles. The number of aromatic nitrogens is 5. The molecule has 0 fully saturated rings. The number of aryl methyl sites for hydroxylation is 2. The summed E-state index contributed by atoms with van der Waals surface area (Å²) < 4.78 is 1.60. The Morgan fingerprint density at radius 3 is 2.79 bits per heavy atom. The van der Waals surface area contributed by atoms with Gasteiger partial charge in [-0.05, 0) is 36.1 Å². The van der Waals surface area contributed by atoms with Crippen molar-refractivity contribution in [2.24, 2.45) is 7.05 Å². The van der Waals surface area contributed by atoms with Crippen LogP contribution in [0.2, 0.25) is 0 Å². The number of carbonyl (C=O) groups is 1. The van der Waals surface area contributed by atoms with E-state index in [2.05, 4.69) is 30.7 Å². The SMILES string of the molecule is Cc1ccncc1-c1cc2cc(NC(=O)Nc3cnn(C)c3)ncc2c(N)n1. The average molecular weight is 374 g/mol. The lowest BCUT2D eigenvalue weighted by Gasteiger charge is -2.10. The third-order valence-corrected chi connectivity index (χ3v) is 4.26. The molecule has 0 saturated carbocycles. The molecule has 2 amide bonds. The lowest BCUT2D eigenvalue weighted by molar-refractivity contribution is 0.262. The van der Waals surface area contributed by atoms with Crippen molar-refractivity contribution in [3.05, 3.63) is 54.7 Å². The molecule has 4 N–H and O–H groups in total. The van der Waals surface area contributed by atoms with Gasteiger partial charge < -0.3 is 11.1 Å². The van der Waals surface area contributed by atoms with E-state index in [0.29, 0.717) is 28.4 Å². The van der Waals surface area contributed by atoms with Crippen LogP contribution in [0.3, 0.4) is 0 Å². The molecule has 9 nitrogen and oxygen atoms in total. The molecule has 4 aromatic rings. The van der Waals surface area contributed by atoms with E-state index >= 15 is 0 Å². The lowest BCUT2D eigenvalue weighted by Crippen LogP contribution is -2.19. The molecule has 4 rings (SSSR count). The molecule has 0 atom stereocenters. The van der Waals surface area contributed by atoms with Crippen LogP contribution in [-0.2, 0) is 7.05 Å². The summed E-state index contributed by atoms with van der Waals surface area (Å²) >= 11 is 0. The summed E-state index contributed by atoms with van der Waals surface area (Å²) in [5.41, 5.74) is 9.37. The highest BCUT2D eigenvalue weighted by Gasteiger charge is 2.11. The summed E-state index contributed by atoms with van der Waals surface area (Å²) in [6, 6.07) is 5.16. The standard InChI is InChI=1S/C19H18N8O/c1-11-3-4-21-8-14(11)16-5-12-6-17(22-9-15(12)18(20)25-16)26-19(28)24-13-7-23-27(2)10-13/h3-10H,1-2H3,(H2,20,25)(H2,22,24,26,28). The molecule has 0 aliphatic rings. The largest absolute Gasteiger partial charge is 0.383 e. The van der Waals surface area contributed by atoms with Gasteiger partial charge in [-0.25, -0.2) is 14.8 Å². The monoisotopic (exact) mass is 374 g/mol. The number of nitrogens with one attached hydrogen (secondary N) is 2. The minimum absolute atomic E-state index is 0.370. The van der Waals surface area contributed by atoms with Crippen LogP contribution < -0.4 is 16.4 Å². The Bertz CT molecular complexity index is 1180. The molecule has 0 aromatic carbocycles. The van der Waals surface area contributed by atoms with Crippen molar-refractivity contribution in [2.75, 3.05) is 16.4 Å². The third kappa shape index (κ3) is 3.45. The number of hydrogen-bond donors (Lipinski definition) is 3. The van der Waals surface area contributed by atoms with Gasteiger partial charge in [0.2, 0.25) is 0 Å². The first kappa shape index (κ1) is 17.4. The molecular formula is C19H18N8O. The van der Waals surface area contributed by atoms with E-state index in [1.165, 1.54) is 0 Å². The predicted octanol–water partition coefficient (Wildman–Crippen LogP) is 2.96. The molecule has 140 valence electrons. The molecule has 9 heteroatoms. The highest BCUT2D eigenvalue weighted by molar-refractivity contribution is 6.01. The van der Waals surface area contributed by atoms with Gasteiger partial charge >= 0.3 is 6.03 Å². The maximum absolute atomic E-state index is 12.2. The maximum Gasteiger partial charge on any atom is 0.324 e. The van der Waals surface area contributed by atoms with E-state index in [1.54, 1.807) is 48.8 Å². The van der Waals surface area contributed by atoms with E-state index in [4.69, 9.17) is 5.73 Å². The van der Waals surface area contributed by atoms with Crippen LogP contribution in [-0.4, -0.2) is 30.8 Å². The summed E-state index contributed by atoms with van der Waals surface area (Å²) in [6.45, 7) is 1.99. The van der Waals surface area contributed by atoms with Gasteiger partial charge in [0.1, 0.15) is 11.6 Å². The Morgan fingerprint density at radius 1 is 1.18 bits per heavy atom. The number of urea groups is 1. The summed E-state index contributed by atoms with van der Waals surface area (Å²) in [6.07, 6.45) is 8.34. The second kappa shape index (κ2) is 6.95. The molecule has 28 heavy (non-hydrogen) atoms. The van der Waals surface area contributed by atoms with Crippen LogP contribution in [0.4, 0.5) is 22.1 Å². The predicted molar refractivity (Wildman–Crippen MR) is 108 cm³/mol. The summed E-state index contributed by atoms with van der Waals surface area (Å²) in [7, 11) is 1.77. The number of nitrogens with zero attached hydrogens (tertiary/aromatic N) is 5. The first-order chi connectivity index (χ1) is 13.5. The Balaban J connectivity index is 1.64. The van der Waals surface area contributed by atoms with Crippen LogP contribution in [0.5, 0.6) is 0 Å². The summed E-state index contributed by atoms with van der Waals surface area (Å²) in [4.78, 5) is 25.1. The van der Waals surface area contributed by atoms with E-state index in [9.17, 15) is 4.79 Å². The van der Waals surface area contributed by atoms with Crippen molar-refractivity contribution in [1.82, 2.24) is 24.7 Å². The van der Waals surface area contributed by atoms with E-state index < -0.39 is 6.03 Å². The number of amides is 2. The zero-order chi connectivity index (χ0) is 19.7. The summed E-state index contributed by atoms with van der Waals surface area (Å²) in [5, 5.41) is 10.9. The van der Waals surface area contributed by atoms with Gasteiger partial charge in [-0.15, -0.1) is 0 Å². The average Bonchev–Trinajstić information content (AvgIpc) is 3.06. The van der Waals surface area contributed by atoms with E-state index in [1.807, 2.05) is 19.1 Å². The summed E-state index contributed by atoms with van der Waals surface area (Å²) in [5.74, 6) is 0.767. The van der Waals surface area contributed by atoms with Gasteiger partial charge in [-0.3, -0.25) is 15.0 Å². The normalized spacial score (nSPS) is 10.8. The Kier molecular flexibility index (Phi) is 4.32. The number of carbonyl (C=O) groups excluding carboxylic acids is 1. The molecule has 0 spiro atoms. The first-order valence-electron chi connectivity index (χ1n) is 8.53. The zero-order valence-electron chi connectivity index (χ0n) is 15.3. The van der Waals surface area contributed by atoms with Crippen LogP contribution >= 0.6 is 0 Å². The van der Waals surface area contributed by atoms with Crippen molar-refractivity contribution in [2.45, 2.75) is 6.92 Å². The van der Waals surface area contributed by atoms with Gasteiger partial charge in [-0.2, -0.15) is 5.10 Å². The van der Waals surface area contributed by atoms with Gasteiger partial charge in [0.15, 0.2) is 0 Å². The highest BCUT2D eigenvalue weighted by Crippen LogP contribution is 2.28.